The van der Waals surface area contributed by atoms with Gasteiger partial charge in [0.2, 0.25) is 0 Å². The highest BCUT2D eigenvalue weighted by atomic mass is 35.5. The van der Waals surface area contributed by atoms with Crippen LogP contribution in [-0.2, 0) is 6.54 Å². The minimum Gasteiger partial charge on any atom is -0.467 e. The average molecular weight is 273 g/mol. The van der Waals surface area contributed by atoms with Gasteiger partial charge in [0, 0.05) is 13.1 Å². The summed E-state index contributed by atoms with van der Waals surface area (Å²) in [7, 11) is 1.85. The molecule has 1 aliphatic carbocycles. The highest BCUT2D eigenvalue weighted by molar-refractivity contribution is 5.94. The summed E-state index contributed by atoms with van der Waals surface area (Å²) in [5, 5.41) is 0. The molecule has 0 radical (unpaired) electrons. The molecule has 1 aromatic heterocycles. The Bertz CT molecular complexity index is 426. The Labute approximate surface area is 114 Å². The van der Waals surface area contributed by atoms with E-state index in [-0.39, 0.29) is 24.4 Å². The van der Waals surface area contributed by atoms with Gasteiger partial charge in [-0.25, -0.2) is 0 Å². The van der Waals surface area contributed by atoms with Crippen molar-refractivity contribution in [3.8, 4) is 0 Å². The van der Waals surface area contributed by atoms with Gasteiger partial charge >= 0.3 is 0 Å². The van der Waals surface area contributed by atoms with E-state index < -0.39 is 0 Å². The van der Waals surface area contributed by atoms with Crippen molar-refractivity contribution < 1.29 is 9.21 Å². The Morgan fingerprint density at radius 3 is 2.67 bits per heavy atom. The quantitative estimate of drug-likeness (QED) is 0.916. The fourth-order valence-electron chi connectivity index (χ4n) is 2.06. The Hall–Kier alpha value is -1.00. The number of rotatable bonds is 4. The zero-order valence-electron chi connectivity index (χ0n) is 11.1. The number of nitrogens with two attached hydrogens (primary N) is 1. The number of hydrogen-bond acceptors (Lipinski definition) is 3. The number of nitrogens with zero attached hydrogens (tertiary/aromatic N) is 1. The molecule has 1 heterocycles. The van der Waals surface area contributed by atoms with Gasteiger partial charge in [0.05, 0.1) is 12.1 Å². The molecule has 1 aliphatic rings. The molecule has 1 fully saturated rings. The second-order valence-electron chi connectivity index (χ2n) is 5.25. The SMILES string of the molecule is CC(N(C)C(=O)c1coc(CN)c1)C1(C)CC1.Cl. The third kappa shape index (κ3) is 2.70. The molecule has 0 saturated heterocycles. The van der Waals surface area contributed by atoms with Crippen LogP contribution in [0.25, 0.3) is 0 Å². The van der Waals surface area contributed by atoms with Crippen LogP contribution in [0.4, 0.5) is 0 Å². The standard InChI is InChI=1S/C13H20N2O2.ClH/c1-9(13(2)4-5-13)15(3)12(16)10-6-11(7-14)17-8-10;/h6,8-9H,4-5,7,14H2,1-3H3;1H. The van der Waals surface area contributed by atoms with Crippen molar-refractivity contribution in [3.05, 3.63) is 23.7 Å². The molecule has 1 unspecified atom stereocenters. The summed E-state index contributed by atoms with van der Waals surface area (Å²) in [4.78, 5) is 14.0. The van der Waals surface area contributed by atoms with Crippen LogP contribution >= 0.6 is 12.4 Å². The first-order chi connectivity index (χ1) is 7.98. The fourth-order valence-corrected chi connectivity index (χ4v) is 2.06. The summed E-state index contributed by atoms with van der Waals surface area (Å²) in [6.45, 7) is 4.65. The molecular weight excluding hydrogens is 252 g/mol. The molecule has 0 bridgehead atoms. The number of carbonyl (C=O) groups is 1. The van der Waals surface area contributed by atoms with E-state index in [1.165, 1.54) is 19.1 Å². The molecular formula is C13H21ClN2O2. The topological polar surface area (TPSA) is 59.5 Å². The number of amides is 1. The van der Waals surface area contributed by atoms with Gasteiger partial charge in [-0.15, -0.1) is 12.4 Å². The molecule has 102 valence electrons. The summed E-state index contributed by atoms with van der Waals surface area (Å²) in [5.74, 6) is 0.654. The van der Waals surface area contributed by atoms with Crippen LogP contribution < -0.4 is 5.73 Å². The predicted octanol–water partition coefficient (Wildman–Crippen LogP) is 2.42. The lowest BCUT2D eigenvalue weighted by Gasteiger charge is -2.29. The highest BCUT2D eigenvalue weighted by Crippen LogP contribution is 2.49. The van der Waals surface area contributed by atoms with Crippen LogP contribution in [0.3, 0.4) is 0 Å². The lowest BCUT2D eigenvalue weighted by molar-refractivity contribution is 0.0684. The normalized spacial score (nSPS) is 17.8. The van der Waals surface area contributed by atoms with Crippen LogP contribution in [0.1, 0.15) is 42.8 Å². The Kier molecular flexibility index (Phi) is 4.46. The average Bonchev–Trinajstić information content (AvgIpc) is 2.92. The van der Waals surface area contributed by atoms with Gasteiger partial charge < -0.3 is 15.1 Å². The molecule has 1 saturated carbocycles. The maximum absolute atomic E-state index is 12.2. The van der Waals surface area contributed by atoms with Gasteiger partial charge in [0.25, 0.3) is 5.91 Å². The minimum atomic E-state index is 0. The first kappa shape index (κ1) is 15.1. The van der Waals surface area contributed by atoms with Crippen molar-refractivity contribution in [1.29, 1.82) is 0 Å². The molecule has 1 atom stereocenters. The van der Waals surface area contributed by atoms with Gasteiger partial charge in [0.1, 0.15) is 12.0 Å². The summed E-state index contributed by atoms with van der Waals surface area (Å²) < 4.78 is 5.19. The fraction of sp³-hybridized carbons (Fsp3) is 0.615. The van der Waals surface area contributed by atoms with Gasteiger partial charge in [0.15, 0.2) is 0 Å². The molecule has 18 heavy (non-hydrogen) atoms. The maximum atomic E-state index is 12.2. The monoisotopic (exact) mass is 272 g/mol. The third-order valence-electron chi connectivity index (χ3n) is 4.05. The molecule has 4 nitrogen and oxygen atoms in total. The summed E-state index contributed by atoms with van der Waals surface area (Å²) in [6, 6.07) is 1.98. The zero-order valence-corrected chi connectivity index (χ0v) is 11.9. The molecule has 1 aromatic rings. The van der Waals surface area contributed by atoms with E-state index >= 15 is 0 Å². The smallest absolute Gasteiger partial charge is 0.257 e. The maximum Gasteiger partial charge on any atom is 0.257 e. The van der Waals surface area contributed by atoms with E-state index in [9.17, 15) is 4.79 Å². The molecule has 0 spiro atoms. The zero-order chi connectivity index (χ0) is 12.6. The van der Waals surface area contributed by atoms with Crippen LogP contribution in [0.2, 0.25) is 0 Å². The van der Waals surface area contributed by atoms with Gasteiger partial charge in [-0.2, -0.15) is 0 Å². The second kappa shape index (κ2) is 5.33. The molecule has 0 aromatic carbocycles. The van der Waals surface area contributed by atoms with E-state index in [1.54, 1.807) is 11.0 Å². The number of carbonyl (C=O) groups excluding carboxylic acids is 1. The van der Waals surface area contributed by atoms with Crippen molar-refractivity contribution in [2.45, 2.75) is 39.3 Å². The van der Waals surface area contributed by atoms with E-state index in [4.69, 9.17) is 10.2 Å². The molecule has 2 rings (SSSR count). The van der Waals surface area contributed by atoms with Gasteiger partial charge in [-0.05, 0) is 31.2 Å². The van der Waals surface area contributed by atoms with E-state index in [0.29, 0.717) is 23.3 Å². The molecule has 0 aliphatic heterocycles. The summed E-state index contributed by atoms with van der Waals surface area (Å²) >= 11 is 0. The lowest BCUT2D eigenvalue weighted by Crippen LogP contribution is -2.39. The van der Waals surface area contributed by atoms with Crippen molar-refractivity contribution in [2.75, 3.05) is 7.05 Å². The van der Waals surface area contributed by atoms with Crippen LogP contribution in [0.15, 0.2) is 16.7 Å². The van der Waals surface area contributed by atoms with E-state index in [0.717, 1.165) is 0 Å². The van der Waals surface area contributed by atoms with Gasteiger partial charge in [-0.3, -0.25) is 4.79 Å². The van der Waals surface area contributed by atoms with Crippen LogP contribution in [0, 0.1) is 5.41 Å². The molecule has 1 amide bonds. The van der Waals surface area contributed by atoms with Crippen LogP contribution in [-0.4, -0.2) is 23.9 Å². The van der Waals surface area contributed by atoms with Crippen molar-refractivity contribution in [1.82, 2.24) is 4.90 Å². The Balaban J connectivity index is 0.00000162. The van der Waals surface area contributed by atoms with Crippen molar-refractivity contribution in [3.63, 3.8) is 0 Å². The largest absolute Gasteiger partial charge is 0.467 e. The predicted molar refractivity (Wildman–Crippen MR) is 72.7 cm³/mol. The second-order valence-corrected chi connectivity index (χ2v) is 5.25. The third-order valence-corrected chi connectivity index (χ3v) is 4.05. The first-order valence-corrected chi connectivity index (χ1v) is 6.02. The summed E-state index contributed by atoms with van der Waals surface area (Å²) in [6.07, 6.45) is 3.89. The number of hydrogen-bond donors (Lipinski definition) is 1. The minimum absolute atomic E-state index is 0. The Morgan fingerprint density at radius 2 is 2.22 bits per heavy atom. The molecule has 2 N–H and O–H groups in total. The summed E-state index contributed by atoms with van der Waals surface area (Å²) in [5.41, 5.74) is 6.34. The number of halogens is 1. The Morgan fingerprint density at radius 1 is 1.61 bits per heavy atom. The van der Waals surface area contributed by atoms with Crippen LogP contribution in [0.5, 0.6) is 0 Å². The van der Waals surface area contributed by atoms with Gasteiger partial charge in [-0.1, -0.05) is 6.92 Å². The number of furan rings is 1. The highest BCUT2D eigenvalue weighted by Gasteiger charge is 2.45. The lowest BCUT2D eigenvalue weighted by atomic mass is 9.99. The van der Waals surface area contributed by atoms with E-state index in [1.807, 2.05) is 7.05 Å². The van der Waals surface area contributed by atoms with Crippen molar-refractivity contribution in [2.24, 2.45) is 11.1 Å². The van der Waals surface area contributed by atoms with Crippen molar-refractivity contribution >= 4 is 18.3 Å². The van der Waals surface area contributed by atoms with E-state index in [2.05, 4.69) is 13.8 Å². The first-order valence-electron chi connectivity index (χ1n) is 6.02. The molecule has 5 heteroatoms.